The highest BCUT2D eigenvalue weighted by Crippen LogP contribution is 2.22. The normalized spacial score (nSPS) is 13.1. The quantitative estimate of drug-likeness (QED) is 0.744. The van der Waals surface area contributed by atoms with Crippen LogP contribution in [-0.2, 0) is 20.4 Å². The largest absolute Gasteiger partial charge is 0.373 e. The van der Waals surface area contributed by atoms with Crippen LogP contribution in [0.2, 0.25) is 0 Å². The number of nitrogens with one attached hydrogen (secondary N) is 1. The van der Waals surface area contributed by atoms with Gasteiger partial charge in [0.25, 0.3) is 10.0 Å². The third-order valence-electron chi connectivity index (χ3n) is 2.00. The number of H-pyrrole nitrogens is 1. The van der Waals surface area contributed by atoms with Gasteiger partial charge in [-0.15, -0.1) is 0 Å². The highest BCUT2D eigenvalue weighted by Gasteiger charge is 2.24. The third kappa shape index (κ3) is 2.11. The second kappa shape index (κ2) is 3.34. The summed E-state index contributed by atoms with van der Waals surface area (Å²) in [7, 11) is -2.22. The van der Waals surface area contributed by atoms with Gasteiger partial charge >= 0.3 is 0 Å². The number of methoxy groups -OCH3 is 1. The van der Waals surface area contributed by atoms with Gasteiger partial charge in [0, 0.05) is 13.2 Å². The van der Waals surface area contributed by atoms with E-state index in [0.29, 0.717) is 5.69 Å². The van der Waals surface area contributed by atoms with Crippen molar-refractivity contribution in [3.8, 4) is 0 Å². The molecule has 1 aromatic heterocycles. The number of rotatable bonds is 3. The lowest BCUT2D eigenvalue weighted by Crippen LogP contribution is -2.19. The molecule has 0 unspecified atom stereocenters. The summed E-state index contributed by atoms with van der Waals surface area (Å²) in [5.74, 6) is 0. The number of aromatic nitrogens is 2. The zero-order chi connectivity index (χ0) is 11.0. The number of nitrogens with two attached hydrogens (primary N) is 1. The second-order valence-corrected chi connectivity index (χ2v) is 4.89. The predicted molar refractivity (Wildman–Crippen MR) is 50.0 cm³/mol. The predicted octanol–water partition coefficient (Wildman–Crippen LogP) is -0.0614. The van der Waals surface area contributed by atoms with Crippen molar-refractivity contribution >= 4 is 10.0 Å². The van der Waals surface area contributed by atoms with Crippen molar-refractivity contribution in [2.75, 3.05) is 7.11 Å². The molecule has 3 N–H and O–H groups in total. The molecule has 0 aliphatic rings. The van der Waals surface area contributed by atoms with Crippen LogP contribution in [0.1, 0.15) is 19.5 Å². The first kappa shape index (κ1) is 11.2. The summed E-state index contributed by atoms with van der Waals surface area (Å²) in [6, 6.07) is 1.36. The van der Waals surface area contributed by atoms with E-state index in [4.69, 9.17) is 9.88 Å². The Morgan fingerprint density at radius 1 is 1.57 bits per heavy atom. The van der Waals surface area contributed by atoms with E-state index < -0.39 is 15.6 Å². The summed E-state index contributed by atoms with van der Waals surface area (Å²) < 4.78 is 27.0. The molecule has 6 nitrogen and oxygen atoms in total. The first-order valence-electron chi connectivity index (χ1n) is 3.91. The van der Waals surface area contributed by atoms with Gasteiger partial charge in [0.05, 0.1) is 5.69 Å². The first-order chi connectivity index (χ1) is 6.27. The molecule has 0 spiro atoms. The minimum Gasteiger partial charge on any atom is -0.373 e. The molecular formula is C7H13N3O3S. The van der Waals surface area contributed by atoms with Crippen LogP contribution >= 0.6 is 0 Å². The lowest BCUT2D eigenvalue weighted by molar-refractivity contribution is 0.0154. The zero-order valence-electron chi connectivity index (χ0n) is 8.23. The Balaban J connectivity index is 3.13. The first-order valence-corrected chi connectivity index (χ1v) is 5.46. The zero-order valence-corrected chi connectivity index (χ0v) is 9.05. The van der Waals surface area contributed by atoms with Crippen molar-refractivity contribution in [1.82, 2.24) is 10.2 Å². The SMILES string of the molecule is COC(C)(C)c1cc(S(N)(=O)=O)n[nH]1. The average Bonchev–Trinajstić information content (AvgIpc) is 2.51. The molecule has 0 aliphatic heterocycles. The summed E-state index contributed by atoms with van der Waals surface area (Å²) in [5.41, 5.74) is -0.0559. The average molecular weight is 219 g/mol. The van der Waals surface area contributed by atoms with Gasteiger partial charge in [-0.3, -0.25) is 5.10 Å². The maximum atomic E-state index is 10.9. The Morgan fingerprint density at radius 3 is 2.50 bits per heavy atom. The fraction of sp³-hybridized carbons (Fsp3) is 0.571. The standard InChI is InChI=1S/C7H13N3O3S/c1-7(2,13-3)5-4-6(10-9-5)14(8,11)12/h4H,1-3H3,(H,9,10)(H2,8,11,12). The number of primary sulfonamides is 1. The molecule has 14 heavy (non-hydrogen) atoms. The monoisotopic (exact) mass is 219 g/mol. The van der Waals surface area contributed by atoms with Crippen LogP contribution in [-0.4, -0.2) is 25.7 Å². The topological polar surface area (TPSA) is 98.1 Å². The van der Waals surface area contributed by atoms with Crippen LogP contribution in [0, 0.1) is 0 Å². The van der Waals surface area contributed by atoms with E-state index in [2.05, 4.69) is 10.2 Å². The Morgan fingerprint density at radius 2 is 2.14 bits per heavy atom. The van der Waals surface area contributed by atoms with Gasteiger partial charge in [-0.25, -0.2) is 13.6 Å². The molecule has 80 valence electrons. The summed E-state index contributed by atoms with van der Waals surface area (Å²) in [6.07, 6.45) is 0. The number of nitrogens with zero attached hydrogens (tertiary/aromatic N) is 1. The molecule has 0 fully saturated rings. The van der Waals surface area contributed by atoms with E-state index >= 15 is 0 Å². The van der Waals surface area contributed by atoms with E-state index in [9.17, 15) is 8.42 Å². The van der Waals surface area contributed by atoms with Crippen LogP contribution < -0.4 is 5.14 Å². The Kier molecular flexibility index (Phi) is 2.66. The molecule has 1 heterocycles. The van der Waals surface area contributed by atoms with Gasteiger partial charge in [-0.1, -0.05) is 0 Å². The summed E-state index contributed by atoms with van der Waals surface area (Å²) in [5, 5.41) is 10.9. The summed E-state index contributed by atoms with van der Waals surface area (Å²) in [4.78, 5) is 0. The Bertz CT molecular complexity index is 421. The van der Waals surface area contributed by atoms with E-state index in [1.54, 1.807) is 13.8 Å². The van der Waals surface area contributed by atoms with Gasteiger partial charge in [0.1, 0.15) is 5.60 Å². The number of sulfonamides is 1. The van der Waals surface area contributed by atoms with Crippen molar-refractivity contribution in [3.05, 3.63) is 11.8 Å². The number of ether oxygens (including phenoxy) is 1. The summed E-state index contributed by atoms with van der Waals surface area (Å²) in [6.45, 7) is 3.57. The Labute approximate surface area is 82.5 Å². The lowest BCUT2D eigenvalue weighted by atomic mass is 10.1. The smallest absolute Gasteiger partial charge is 0.257 e. The molecule has 0 amide bonds. The maximum Gasteiger partial charge on any atom is 0.257 e. The minimum atomic E-state index is -3.75. The highest BCUT2D eigenvalue weighted by molar-refractivity contribution is 7.89. The molecule has 0 aromatic carbocycles. The van der Waals surface area contributed by atoms with Gasteiger partial charge in [0.2, 0.25) is 0 Å². The number of hydrogen-bond donors (Lipinski definition) is 2. The van der Waals surface area contributed by atoms with Gasteiger partial charge in [-0.2, -0.15) is 5.10 Å². The van der Waals surface area contributed by atoms with Gasteiger partial charge in [-0.05, 0) is 13.8 Å². The van der Waals surface area contributed by atoms with Gasteiger partial charge in [0.15, 0.2) is 5.03 Å². The van der Waals surface area contributed by atoms with Crippen molar-refractivity contribution in [3.63, 3.8) is 0 Å². The molecule has 1 rings (SSSR count). The maximum absolute atomic E-state index is 10.9. The van der Waals surface area contributed by atoms with Crippen molar-refractivity contribution < 1.29 is 13.2 Å². The van der Waals surface area contributed by atoms with Crippen LogP contribution in [0.25, 0.3) is 0 Å². The van der Waals surface area contributed by atoms with Crippen molar-refractivity contribution in [2.24, 2.45) is 5.14 Å². The van der Waals surface area contributed by atoms with Crippen molar-refractivity contribution in [2.45, 2.75) is 24.5 Å². The van der Waals surface area contributed by atoms with Crippen molar-refractivity contribution in [1.29, 1.82) is 0 Å². The molecule has 0 atom stereocenters. The van der Waals surface area contributed by atoms with E-state index in [1.165, 1.54) is 13.2 Å². The molecule has 0 saturated heterocycles. The van der Waals surface area contributed by atoms with Crippen LogP contribution in [0.3, 0.4) is 0 Å². The molecule has 0 radical (unpaired) electrons. The van der Waals surface area contributed by atoms with E-state index in [1.807, 2.05) is 0 Å². The molecule has 0 bridgehead atoms. The number of hydrogen-bond acceptors (Lipinski definition) is 4. The second-order valence-electron chi connectivity index (χ2n) is 3.38. The number of aromatic amines is 1. The van der Waals surface area contributed by atoms with E-state index in [0.717, 1.165) is 0 Å². The molecule has 7 heteroatoms. The molecule has 1 aromatic rings. The third-order valence-corrected chi connectivity index (χ3v) is 2.80. The van der Waals surface area contributed by atoms with Crippen LogP contribution in [0.15, 0.2) is 11.1 Å². The minimum absolute atomic E-state index is 0.183. The molecule has 0 aliphatic carbocycles. The summed E-state index contributed by atoms with van der Waals surface area (Å²) >= 11 is 0. The lowest BCUT2D eigenvalue weighted by Gasteiger charge is -2.20. The fourth-order valence-electron chi connectivity index (χ4n) is 0.867. The van der Waals surface area contributed by atoms with Crippen LogP contribution in [0.5, 0.6) is 0 Å². The molecular weight excluding hydrogens is 206 g/mol. The highest BCUT2D eigenvalue weighted by atomic mass is 32.2. The van der Waals surface area contributed by atoms with E-state index in [-0.39, 0.29) is 5.03 Å². The molecule has 0 saturated carbocycles. The van der Waals surface area contributed by atoms with Gasteiger partial charge < -0.3 is 4.74 Å². The fourth-order valence-corrected chi connectivity index (χ4v) is 1.32. The Hall–Kier alpha value is -0.920. The van der Waals surface area contributed by atoms with Crippen LogP contribution in [0.4, 0.5) is 0 Å².